The number of piperazine rings is 1. The van der Waals surface area contributed by atoms with Crippen LogP contribution in [0.5, 0.6) is 0 Å². The minimum absolute atomic E-state index is 0. The van der Waals surface area contributed by atoms with Gasteiger partial charge in [0, 0.05) is 66.1 Å². The van der Waals surface area contributed by atoms with Gasteiger partial charge in [0.25, 0.3) is 0 Å². The molecular weight excluding hydrogens is 536 g/mol. The molecule has 0 bridgehead atoms. The maximum absolute atomic E-state index is 12.9. The Kier molecular flexibility index (Phi) is 11.5. The summed E-state index contributed by atoms with van der Waals surface area (Å²) in [7, 11) is 1.77. The van der Waals surface area contributed by atoms with Crippen LogP contribution in [-0.4, -0.2) is 81.5 Å². The molecule has 0 aliphatic carbocycles. The average Bonchev–Trinajstić information content (AvgIpc) is 2.77. The molecule has 2 aliphatic heterocycles. The number of aliphatic imine (C=N–C) groups is 1. The number of ether oxygens (including phenoxy) is 2. The van der Waals surface area contributed by atoms with E-state index in [1.807, 2.05) is 0 Å². The minimum atomic E-state index is -4.30. The molecule has 1 aromatic rings. The van der Waals surface area contributed by atoms with Gasteiger partial charge < -0.3 is 19.7 Å². The molecule has 3 rings (SSSR count). The molecule has 1 aromatic carbocycles. The summed E-state index contributed by atoms with van der Waals surface area (Å²) in [6.07, 6.45) is -1.13. The molecule has 0 amide bonds. The van der Waals surface area contributed by atoms with E-state index in [1.165, 1.54) is 12.1 Å². The predicted octanol–water partition coefficient (Wildman–Crippen LogP) is 3.60. The molecule has 182 valence electrons. The third kappa shape index (κ3) is 8.68. The van der Waals surface area contributed by atoms with Gasteiger partial charge in [-0.15, -0.1) is 24.0 Å². The van der Waals surface area contributed by atoms with Crippen LogP contribution in [0.2, 0.25) is 0 Å². The fourth-order valence-electron chi connectivity index (χ4n) is 3.92. The molecule has 2 aliphatic rings. The van der Waals surface area contributed by atoms with Crippen LogP contribution < -0.4 is 5.32 Å². The summed E-state index contributed by atoms with van der Waals surface area (Å²) in [5.41, 5.74) is 0.101. The van der Waals surface area contributed by atoms with E-state index in [1.54, 1.807) is 13.1 Å². The summed E-state index contributed by atoms with van der Waals surface area (Å²) >= 11 is 0. The lowest BCUT2D eigenvalue weighted by atomic mass is 10.1. The first-order valence-corrected chi connectivity index (χ1v) is 11.0. The van der Waals surface area contributed by atoms with Crippen molar-refractivity contribution in [3.8, 4) is 0 Å². The lowest BCUT2D eigenvalue weighted by Gasteiger charge is -2.36. The zero-order chi connectivity index (χ0) is 22.1. The van der Waals surface area contributed by atoms with E-state index in [-0.39, 0.29) is 24.0 Å². The molecule has 2 saturated heterocycles. The number of halogens is 4. The van der Waals surface area contributed by atoms with E-state index in [9.17, 15) is 13.2 Å². The van der Waals surface area contributed by atoms with Crippen molar-refractivity contribution in [2.45, 2.75) is 38.1 Å². The lowest BCUT2D eigenvalue weighted by Crippen LogP contribution is -2.52. The maximum Gasteiger partial charge on any atom is 0.416 e. The Morgan fingerprint density at radius 3 is 2.56 bits per heavy atom. The Bertz CT molecular complexity index is 707. The van der Waals surface area contributed by atoms with Gasteiger partial charge in [-0.3, -0.25) is 9.89 Å². The number of nitrogens with zero attached hydrogens (tertiary/aromatic N) is 3. The first-order chi connectivity index (χ1) is 15.0. The zero-order valence-electron chi connectivity index (χ0n) is 18.6. The molecule has 2 heterocycles. The normalized spacial score (nSPS) is 19.0. The standard InChI is InChI=1S/C22H33F3N4O2.HI/c1-26-21(27-8-3-13-31-20-6-14-30-15-7-20)29-11-9-28(10-12-29)17-18-4-2-5-19(16-18)22(23,24)25;/h2,4-5,16,20H,3,6-15,17H2,1H3,(H,26,27);1H. The zero-order valence-corrected chi connectivity index (χ0v) is 20.9. The first kappa shape index (κ1) is 27.1. The second-order valence-electron chi connectivity index (χ2n) is 7.97. The first-order valence-electron chi connectivity index (χ1n) is 11.0. The highest BCUT2D eigenvalue weighted by molar-refractivity contribution is 14.0. The lowest BCUT2D eigenvalue weighted by molar-refractivity contribution is -0.137. The molecule has 0 atom stereocenters. The third-order valence-corrected chi connectivity index (χ3v) is 5.67. The molecule has 0 aromatic heterocycles. The number of hydrogen-bond donors (Lipinski definition) is 1. The molecule has 6 nitrogen and oxygen atoms in total. The Balaban J connectivity index is 0.00000363. The Morgan fingerprint density at radius 1 is 1.19 bits per heavy atom. The Morgan fingerprint density at radius 2 is 1.91 bits per heavy atom. The van der Waals surface area contributed by atoms with Crippen LogP contribution in [0.3, 0.4) is 0 Å². The van der Waals surface area contributed by atoms with Crippen molar-refractivity contribution in [3.05, 3.63) is 35.4 Å². The second-order valence-corrected chi connectivity index (χ2v) is 7.97. The topological polar surface area (TPSA) is 49.3 Å². The second kappa shape index (κ2) is 13.6. The SMILES string of the molecule is CN=C(NCCCOC1CCOCC1)N1CCN(Cc2cccc(C(F)(F)F)c2)CC1.I. The fraction of sp³-hybridized carbons (Fsp3) is 0.682. The summed E-state index contributed by atoms with van der Waals surface area (Å²) in [6.45, 7) is 6.75. The fourth-order valence-corrected chi connectivity index (χ4v) is 3.92. The minimum Gasteiger partial charge on any atom is -0.381 e. The van der Waals surface area contributed by atoms with E-state index < -0.39 is 11.7 Å². The van der Waals surface area contributed by atoms with Gasteiger partial charge in [-0.2, -0.15) is 13.2 Å². The number of guanidine groups is 1. The van der Waals surface area contributed by atoms with E-state index in [0.717, 1.165) is 83.8 Å². The van der Waals surface area contributed by atoms with Crippen molar-refractivity contribution >= 4 is 29.9 Å². The van der Waals surface area contributed by atoms with Crippen LogP contribution in [0, 0.1) is 0 Å². The van der Waals surface area contributed by atoms with Gasteiger partial charge in [0.05, 0.1) is 11.7 Å². The van der Waals surface area contributed by atoms with Crippen LogP contribution in [0.4, 0.5) is 13.2 Å². The molecule has 32 heavy (non-hydrogen) atoms. The third-order valence-electron chi connectivity index (χ3n) is 5.67. The van der Waals surface area contributed by atoms with Crippen molar-refractivity contribution in [2.75, 3.05) is 59.6 Å². The predicted molar refractivity (Wildman–Crippen MR) is 129 cm³/mol. The highest BCUT2D eigenvalue weighted by Crippen LogP contribution is 2.29. The number of alkyl halides is 3. The number of hydrogen-bond acceptors (Lipinski definition) is 4. The Labute approximate surface area is 205 Å². The van der Waals surface area contributed by atoms with Crippen LogP contribution in [0.25, 0.3) is 0 Å². The molecule has 2 fully saturated rings. The van der Waals surface area contributed by atoms with Gasteiger partial charge in [0.2, 0.25) is 0 Å². The highest BCUT2D eigenvalue weighted by Gasteiger charge is 2.30. The van der Waals surface area contributed by atoms with Crippen LogP contribution in [-0.2, 0) is 22.2 Å². The van der Waals surface area contributed by atoms with Gasteiger partial charge >= 0.3 is 6.18 Å². The molecule has 0 unspecified atom stereocenters. The van der Waals surface area contributed by atoms with E-state index in [4.69, 9.17) is 9.47 Å². The molecule has 0 spiro atoms. The quantitative estimate of drug-likeness (QED) is 0.235. The van der Waals surface area contributed by atoms with Crippen molar-refractivity contribution in [2.24, 2.45) is 4.99 Å². The van der Waals surface area contributed by atoms with Gasteiger partial charge in [0.1, 0.15) is 0 Å². The highest BCUT2D eigenvalue weighted by atomic mass is 127. The van der Waals surface area contributed by atoms with E-state index >= 15 is 0 Å². The smallest absolute Gasteiger partial charge is 0.381 e. The average molecular weight is 570 g/mol. The molecular formula is C22H34F3IN4O2. The van der Waals surface area contributed by atoms with Crippen molar-refractivity contribution in [1.29, 1.82) is 0 Å². The van der Waals surface area contributed by atoms with Crippen molar-refractivity contribution in [3.63, 3.8) is 0 Å². The Hall–Kier alpha value is -1.11. The van der Waals surface area contributed by atoms with Crippen molar-refractivity contribution < 1.29 is 22.6 Å². The van der Waals surface area contributed by atoms with Gasteiger partial charge in [-0.05, 0) is 30.9 Å². The summed E-state index contributed by atoms with van der Waals surface area (Å²) in [5.74, 6) is 0.866. The molecule has 0 saturated carbocycles. The summed E-state index contributed by atoms with van der Waals surface area (Å²) in [5, 5.41) is 3.39. The van der Waals surface area contributed by atoms with Crippen LogP contribution in [0.1, 0.15) is 30.4 Å². The summed E-state index contributed by atoms with van der Waals surface area (Å²) in [6, 6.07) is 5.59. The van der Waals surface area contributed by atoms with Crippen LogP contribution in [0.15, 0.2) is 29.3 Å². The number of rotatable bonds is 7. The van der Waals surface area contributed by atoms with E-state index in [0.29, 0.717) is 18.2 Å². The maximum atomic E-state index is 12.9. The molecule has 10 heteroatoms. The van der Waals surface area contributed by atoms with Gasteiger partial charge in [-0.1, -0.05) is 18.2 Å². The number of benzene rings is 1. The monoisotopic (exact) mass is 570 g/mol. The van der Waals surface area contributed by atoms with Crippen LogP contribution >= 0.6 is 24.0 Å². The van der Waals surface area contributed by atoms with Crippen molar-refractivity contribution in [1.82, 2.24) is 15.1 Å². The summed E-state index contributed by atoms with van der Waals surface area (Å²) in [4.78, 5) is 8.76. The van der Waals surface area contributed by atoms with E-state index in [2.05, 4.69) is 20.1 Å². The molecule has 1 N–H and O–H groups in total. The van der Waals surface area contributed by atoms with Gasteiger partial charge in [-0.25, -0.2) is 0 Å². The number of nitrogens with one attached hydrogen (secondary N) is 1. The molecule has 0 radical (unpaired) electrons. The largest absolute Gasteiger partial charge is 0.416 e. The summed E-state index contributed by atoms with van der Waals surface area (Å²) < 4.78 is 50.0. The van der Waals surface area contributed by atoms with Gasteiger partial charge in [0.15, 0.2) is 5.96 Å².